The number of aliphatic hydroxyl groups is 1. The number of hydrogen-bond acceptors (Lipinski definition) is 3. The van der Waals surface area contributed by atoms with Crippen LogP contribution < -0.4 is 10.6 Å². The highest BCUT2D eigenvalue weighted by Crippen LogP contribution is 2.24. The van der Waals surface area contributed by atoms with E-state index < -0.39 is 0 Å². The van der Waals surface area contributed by atoms with Crippen molar-refractivity contribution in [2.45, 2.75) is 51.6 Å². The Kier molecular flexibility index (Phi) is 5.76. The van der Waals surface area contributed by atoms with Crippen LogP contribution in [-0.2, 0) is 4.79 Å². The first-order chi connectivity index (χ1) is 10.1. The SMILES string of the molecule is Cc1ccc(NC(=O)C(C)NC2CCCCC2CO)cc1. The smallest absolute Gasteiger partial charge is 0.241 e. The van der Waals surface area contributed by atoms with Crippen LogP contribution in [0.1, 0.15) is 38.2 Å². The van der Waals surface area contributed by atoms with Gasteiger partial charge >= 0.3 is 0 Å². The van der Waals surface area contributed by atoms with E-state index in [-0.39, 0.29) is 30.5 Å². The summed E-state index contributed by atoms with van der Waals surface area (Å²) in [5.74, 6) is 0.245. The van der Waals surface area contributed by atoms with E-state index in [1.165, 1.54) is 18.4 Å². The summed E-state index contributed by atoms with van der Waals surface area (Å²) >= 11 is 0. The van der Waals surface area contributed by atoms with Gasteiger partial charge in [-0.2, -0.15) is 0 Å². The van der Waals surface area contributed by atoms with E-state index in [4.69, 9.17) is 0 Å². The standard InChI is InChI=1S/C17H26N2O2/c1-12-7-9-15(10-8-12)19-17(21)13(2)18-16-6-4-3-5-14(16)11-20/h7-10,13-14,16,18,20H,3-6,11H2,1-2H3,(H,19,21). The quantitative estimate of drug-likeness (QED) is 0.780. The Balaban J connectivity index is 1.88. The molecule has 0 bridgehead atoms. The van der Waals surface area contributed by atoms with E-state index in [1.807, 2.05) is 38.1 Å². The summed E-state index contributed by atoms with van der Waals surface area (Å²) in [6, 6.07) is 7.77. The van der Waals surface area contributed by atoms with Gasteiger partial charge < -0.3 is 15.7 Å². The number of aryl methyl sites for hydroxylation is 1. The first-order valence-corrected chi connectivity index (χ1v) is 7.84. The second-order valence-corrected chi connectivity index (χ2v) is 6.08. The second kappa shape index (κ2) is 7.57. The molecule has 1 aliphatic carbocycles. The molecule has 4 nitrogen and oxygen atoms in total. The number of hydrogen-bond donors (Lipinski definition) is 3. The van der Waals surface area contributed by atoms with Crippen molar-refractivity contribution in [3.8, 4) is 0 Å². The lowest BCUT2D eigenvalue weighted by molar-refractivity contribution is -0.118. The minimum absolute atomic E-state index is 0.0267. The highest BCUT2D eigenvalue weighted by Gasteiger charge is 2.27. The molecule has 1 aromatic carbocycles. The summed E-state index contributed by atoms with van der Waals surface area (Å²) in [5, 5.41) is 15.7. The summed E-state index contributed by atoms with van der Waals surface area (Å²) in [4.78, 5) is 12.2. The number of aliphatic hydroxyl groups excluding tert-OH is 1. The number of benzene rings is 1. The minimum Gasteiger partial charge on any atom is -0.396 e. The Labute approximate surface area is 126 Å². The van der Waals surface area contributed by atoms with E-state index >= 15 is 0 Å². The van der Waals surface area contributed by atoms with Crippen LogP contribution >= 0.6 is 0 Å². The summed E-state index contributed by atoms with van der Waals surface area (Å²) in [7, 11) is 0. The highest BCUT2D eigenvalue weighted by molar-refractivity contribution is 5.94. The largest absolute Gasteiger partial charge is 0.396 e. The predicted molar refractivity (Wildman–Crippen MR) is 85.2 cm³/mol. The number of anilines is 1. The molecule has 1 saturated carbocycles. The van der Waals surface area contributed by atoms with Crippen molar-refractivity contribution in [2.24, 2.45) is 5.92 Å². The van der Waals surface area contributed by atoms with E-state index in [0.29, 0.717) is 0 Å². The van der Waals surface area contributed by atoms with Crippen LogP contribution in [0.4, 0.5) is 5.69 Å². The highest BCUT2D eigenvalue weighted by atomic mass is 16.3. The minimum atomic E-state index is -0.261. The van der Waals surface area contributed by atoms with Crippen LogP contribution in [-0.4, -0.2) is 29.7 Å². The maximum absolute atomic E-state index is 12.2. The van der Waals surface area contributed by atoms with Gasteiger partial charge in [-0.25, -0.2) is 0 Å². The van der Waals surface area contributed by atoms with Crippen LogP contribution in [0.3, 0.4) is 0 Å². The normalized spacial score (nSPS) is 23.6. The molecule has 3 unspecified atom stereocenters. The molecule has 1 aromatic rings. The molecule has 4 heteroatoms. The van der Waals surface area contributed by atoms with Crippen molar-refractivity contribution < 1.29 is 9.90 Å². The molecule has 0 aromatic heterocycles. The molecule has 0 aliphatic heterocycles. The van der Waals surface area contributed by atoms with Gasteiger partial charge in [-0.05, 0) is 44.7 Å². The number of carbonyl (C=O) groups excluding carboxylic acids is 1. The molecule has 116 valence electrons. The van der Waals surface area contributed by atoms with Crippen molar-refractivity contribution >= 4 is 11.6 Å². The fraction of sp³-hybridized carbons (Fsp3) is 0.588. The van der Waals surface area contributed by atoms with Gasteiger partial charge in [0, 0.05) is 18.3 Å². The summed E-state index contributed by atoms with van der Waals surface area (Å²) in [6.45, 7) is 4.10. The molecule has 0 heterocycles. The third kappa shape index (κ3) is 4.55. The molecule has 3 N–H and O–H groups in total. The third-order valence-electron chi connectivity index (χ3n) is 4.32. The average Bonchev–Trinajstić information content (AvgIpc) is 2.50. The molecule has 2 rings (SSSR count). The molecule has 1 amide bonds. The Morgan fingerprint density at radius 2 is 1.95 bits per heavy atom. The van der Waals surface area contributed by atoms with E-state index in [2.05, 4.69) is 10.6 Å². The van der Waals surface area contributed by atoms with Crippen LogP contribution in [0.5, 0.6) is 0 Å². The molecule has 0 saturated heterocycles. The molecule has 0 spiro atoms. The molecule has 1 aliphatic rings. The summed E-state index contributed by atoms with van der Waals surface area (Å²) in [5.41, 5.74) is 1.99. The topological polar surface area (TPSA) is 61.4 Å². The van der Waals surface area contributed by atoms with Crippen LogP contribution in [0.25, 0.3) is 0 Å². The van der Waals surface area contributed by atoms with Crippen molar-refractivity contribution in [2.75, 3.05) is 11.9 Å². The molecule has 0 radical (unpaired) electrons. The molecular weight excluding hydrogens is 264 g/mol. The maximum atomic E-state index is 12.2. The fourth-order valence-corrected chi connectivity index (χ4v) is 2.93. The predicted octanol–water partition coefficient (Wildman–Crippen LogP) is 2.46. The summed E-state index contributed by atoms with van der Waals surface area (Å²) < 4.78 is 0. The fourth-order valence-electron chi connectivity index (χ4n) is 2.93. The van der Waals surface area contributed by atoms with Crippen LogP contribution in [0.15, 0.2) is 24.3 Å². The van der Waals surface area contributed by atoms with Gasteiger partial charge in [-0.15, -0.1) is 0 Å². The summed E-state index contributed by atoms with van der Waals surface area (Å²) in [6.07, 6.45) is 4.42. The van der Waals surface area contributed by atoms with Gasteiger partial charge in [0.25, 0.3) is 0 Å². The number of rotatable bonds is 5. The Morgan fingerprint density at radius 1 is 1.29 bits per heavy atom. The Hall–Kier alpha value is -1.39. The van der Waals surface area contributed by atoms with E-state index in [1.54, 1.807) is 0 Å². The number of carbonyl (C=O) groups is 1. The van der Waals surface area contributed by atoms with Gasteiger partial charge in [0.15, 0.2) is 0 Å². The first kappa shape index (κ1) is 16.0. The average molecular weight is 290 g/mol. The first-order valence-electron chi connectivity index (χ1n) is 7.84. The lowest BCUT2D eigenvalue weighted by Crippen LogP contribution is -2.48. The lowest BCUT2D eigenvalue weighted by atomic mass is 9.84. The molecule has 3 atom stereocenters. The van der Waals surface area contributed by atoms with Crippen molar-refractivity contribution in [1.29, 1.82) is 0 Å². The van der Waals surface area contributed by atoms with E-state index in [9.17, 15) is 9.90 Å². The third-order valence-corrected chi connectivity index (χ3v) is 4.32. The zero-order valence-corrected chi connectivity index (χ0v) is 12.9. The Bertz CT molecular complexity index is 458. The van der Waals surface area contributed by atoms with Crippen molar-refractivity contribution in [3.63, 3.8) is 0 Å². The van der Waals surface area contributed by atoms with Crippen LogP contribution in [0, 0.1) is 12.8 Å². The molecular formula is C17H26N2O2. The van der Waals surface area contributed by atoms with Gasteiger partial charge in [0.05, 0.1) is 6.04 Å². The molecule has 1 fully saturated rings. The van der Waals surface area contributed by atoms with Crippen LogP contribution in [0.2, 0.25) is 0 Å². The number of nitrogens with one attached hydrogen (secondary N) is 2. The van der Waals surface area contributed by atoms with Gasteiger partial charge in [0.1, 0.15) is 0 Å². The lowest BCUT2D eigenvalue weighted by Gasteiger charge is -2.33. The van der Waals surface area contributed by atoms with Gasteiger partial charge in [0.2, 0.25) is 5.91 Å². The molecule has 21 heavy (non-hydrogen) atoms. The maximum Gasteiger partial charge on any atom is 0.241 e. The van der Waals surface area contributed by atoms with E-state index in [0.717, 1.165) is 18.5 Å². The number of amides is 1. The monoisotopic (exact) mass is 290 g/mol. The van der Waals surface area contributed by atoms with Crippen molar-refractivity contribution in [3.05, 3.63) is 29.8 Å². The van der Waals surface area contributed by atoms with Gasteiger partial charge in [-0.3, -0.25) is 4.79 Å². The zero-order valence-electron chi connectivity index (χ0n) is 12.9. The second-order valence-electron chi connectivity index (χ2n) is 6.08. The van der Waals surface area contributed by atoms with Crippen molar-refractivity contribution in [1.82, 2.24) is 5.32 Å². The zero-order chi connectivity index (χ0) is 15.2. The van der Waals surface area contributed by atoms with Gasteiger partial charge in [-0.1, -0.05) is 30.5 Å². The Morgan fingerprint density at radius 3 is 2.62 bits per heavy atom.